The lowest BCUT2D eigenvalue weighted by Gasteiger charge is -2.22. The van der Waals surface area contributed by atoms with E-state index in [4.69, 9.17) is 0 Å². The summed E-state index contributed by atoms with van der Waals surface area (Å²) in [6.45, 7) is 35.5. The molecule has 0 rings (SSSR count). The fourth-order valence-electron chi connectivity index (χ4n) is 11.6. The lowest BCUT2D eigenvalue weighted by atomic mass is 9.84. The highest BCUT2D eigenvalue weighted by Gasteiger charge is 2.16. The van der Waals surface area contributed by atoms with Crippen LogP contribution < -0.4 is 0 Å². The molecule has 6 atom stereocenters. The molecule has 0 aromatic rings. The van der Waals surface area contributed by atoms with Gasteiger partial charge in [0, 0.05) is 0 Å². The molecule has 0 spiro atoms. The van der Waals surface area contributed by atoms with Crippen LogP contribution in [-0.2, 0) is 0 Å². The van der Waals surface area contributed by atoms with Crippen molar-refractivity contribution in [1.29, 1.82) is 0 Å². The average molecular weight is 924 g/mol. The van der Waals surface area contributed by atoms with Gasteiger partial charge < -0.3 is 0 Å². The Labute approximate surface area is 421 Å². The van der Waals surface area contributed by atoms with E-state index in [2.05, 4.69) is 104 Å². The van der Waals surface area contributed by atoms with Gasteiger partial charge in [0.15, 0.2) is 0 Å². The summed E-state index contributed by atoms with van der Waals surface area (Å²) >= 11 is 0. The molecule has 0 nitrogen and oxygen atoms in total. The first-order chi connectivity index (χ1) is 30.0. The second kappa shape index (κ2) is 60.1. The summed E-state index contributed by atoms with van der Waals surface area (Å²) in [4.78, 5) is 0. The molecule has 0 aliphatic rings. The molecule has 6 unspecified atom stereocenters. The largest absolute Gasteiger partial charge is 0.0776 e. The lowest BCUT2D eigenvalue weighted by molar-refractivity contribution is 0.309. The van der Waals surface area contributed by atoms with E-state index < -0.39 is 0 Å². The van der Waals surface area contributed by atoms with E-state index in [-0.39, 0.29) is 22.3 Å². The fourth-order valence-corrected chi connectivity index (χ4v) is 11.6. The summed E-state index contributed by atoms with van der Waals surface area (Å²) in [6.07, 6.45) is 54.6. The van der Waals surface area contributed by atoms with Gasteiger partial charge in [-0.25, -0.2) is 0 Å². The first-order valence-corrected chi connectivity index (χ1v) is 30.0. The van der Waals surface area contributed by atoms with Gasteiger partial charge in [0.25, 0.3) is 0 Å². The highest BCUT2D eigenvalue weighted by atomic mass is 14.2. The van der Waals surface area contributed by atoms with Crippen molar-refractivity contribution in [2.75, 3.05) is 0 Å². The van der Waals surface area contributed by atoms with Crippen molar-refractivity contribution in [2.24, 2.45) is 53.3 Å². The molecular formula is C65H142. The Bertz CT molecular complexity index is 721. The standard InChI is InChI=1S/2C21H44.C20H42.3CH4/c2*1-6-11-19(5)17-18-21(14-9-4)16-10-15-20(12-7-2)13-8-3;1-6-10-18(5)14-15-20(13-9-4)17-16-19(11-7-2)12-8-3;;;/h2*19-21H,6-18H2,1-5H3;18-20H,6-17H2,1-5H3;3*1H4. The summed E-state index contributed by atoms with van der Waals surface area (Å²) < 4.78 is 0. The minimum absolute atomic E-state index is 0. The molecule has 0 aliphatic heterocycles. The molecule has 0 N–H and O–H groups in total. The minimum atomic E-state index is 0. The fraction of sp³-hybridized carbons (Fsp3) is 1.00. The van der Waals surface area contributed by atoms with E-state index in [1.54, 1.807) is 0 Å². The average Bonchev–Trinajstić information content (AvgIpc) is 3.24. The molecule has 0 saturated heterocycles. The molecule has 0 heteroatoms. The summed E-state index contributed by atoms with van der Waals surface area (Å²) in [5, 5.41) is 0. The van der Waals surface area contributed by atoms with Crippen LogP contribution in [0.15, 0.2) is 0 Å². The molecule has 0 aliphatic carbocycles. The van der Waals surface area contributed by atoms with Gasteiger partial charge >= 0.3 is 0 Å². The van der Waals surface area contributed by atoms with Crippen molar-refractivity contribution in [1.82, 2.24) is 0 Å². The Morgan fingerprint density at radius 2 is 0.308 bits per heavy atom. The third-order valence-corrected chi connectivity index (χ3v) is 15.3. The summed E-state index contributed by atoms with van der Waals surface area (Å²) in [5.74, 6) is 8.91. The minimum Gasteiger partial charge on any atom is -0.0776 e. The monoisotopic (exact) mass is 923 g/mol. The third kappa shape index (κ3) is 53.2. The quantitative estimate of drug-likeness (QED) is 0.0571. The van der Waals surface area contributed by atoms with Crippen LogP contribution in [0.1, 0.15) is 370 Å². The van der Waals surface area contributed by atoms with Crippen molar-refractivity contribution in [3.63, 3.8) is 0 Å². The molecule has 0 aromatic carbocycles. The number of rotatable bonds is 44. The highest BCUT2D eigenvalue weighted by Crippen LogP contribution is 2.31. The Kier molecular flexibility index (Phi) is 70.7. The second-order valence-electron chi connectivity index (χ2n) is 22.1. The van der Waals surface area contributed by atoms with Crippen LogP contribution in [0, 0.1) is 53.3 Å². The van der Waals surface area contributed by atoms with Gasteiger partial charge in [-0.2, -0.15) is 0 Å². The maximum Gasteiger partial charge on any atom is -0.0414 e. The van der Waals surface area contributed by atoms with E-state index in [1.807, 2.05) is 0 Å². The topological polar surface area (TPSA) is 0 Å². The molecule has 0 bridgehead atoms. The summed E-state index contributed by atoms with van der Waals surface area (Å²) in [7, 11) is 0. The molecule has 0 saturated carbocycles. The van der Waals surface area contributed by atoms with Crippen LogP contribution in [0.25, 0.3) is 0 Å². The van der Waals surface area contributed by atoms with Crippen LogP contribution in [-0.4, -0.2) is 0 Å². The van der Waals surface area contributed by atoms with Crippen LogP contribution in [0.3, 0.4) is 0 Å². The third-order valence-electron chi connectivity index (χ3n) is 15.3. The maximum atomic E-state index is 2.45. The van der Waals surface area contributed by atoms with E-state index in [0.29, 0.717) is 0 Å². The SMILES string of the molecule is C.C.C.CCCC(C)CCC(CCC)CCC(CCC)CCC.CCCC(C)CCC(CCC)CCCC(CCC)CCC.CCCC(C)CCC(CCC)CCCC(CCC)CCC. The maximum absolute atomic E-state index is 2.45. The molecule has 0 amide bonds. The van der Waals surface area contributed by atoms with Crippen molar-refractivity contribution in [3.05, 3.63) is 0 Å². The van der Waals surface area contributed by atoms with E-state index in [9.17, 15) is 0 Å². The number of hydrogen-bond donors (Lipinski definition) is 0. The van der Waals surface area contributed by atoms with Crippen molar-refractivity contribution >= 4 is 0 Å². The Balaban J connectivity index is -0.000000196. The number of hydrogen-bond acceptors (Lipinski definition) is 0. The predicted octanol–water partition coefficient (Wildman–Crippen LogP) is 25.5. The lowest BCUT2D eigenvalue weighted by Crippen LogP contribution is -2.08. The van der Waals surface area contributed by atoms with E-state index in [0.717, 1.165) is 53.3 Å². The zero-order chi connectivity index (χ0) is 47.1. The summed E-state index contributed by atoms with van der Waals surface area (Å²) in [5.41, 5.74) is 0. The molecule has 0 aromatic heterocycles. The molecule has 65 heavy (non-hydrogen) atoms. The first kappa shape index (κ1) is 76.5. The molecule has 402 valence electrons. The van der Waals surface area contributed by atoms with Gasteiger partial charge in [-0.3, -0.25) is 0 Å². The normalized spacial score (nSPS) is 13.9. The Morgan fingerprint density at radius 1 is 0.169 bits per heavy atom. The van der Waals surface area contributed by atoms with Gasteiger partial charge in [-0.1, -0.05) is 370 Å². The molecule has 0 fully saturated rings. The van der Waals surface area contributed by atoms with Crippen LogP contribution >= 0.6 is 0 Å². The van der Waals surface area contributed by atoms with Gasteiger partial charge in [0.2, 0.25) is 0 Å². The predicted molar refractivity (Wildman–Crippen MR) is 312 cm³/mol. The molecule has 0 heterocycles. The Hall–Kier alpha value is 0. The van der Waals surface area contributed by atoms with Gasteiger partial charge in [-0.05, 0) is 53.3 Å². The summed E-state index contributed by atoms with van der Waals surface area (Å²) in [6, 6.07) is 0. The van der Waals surface area contributed by atoms with Crippen LogP contribution in [0.2, 0.25) is 0 Å². The zero-order valence-electron chi connectivity index (χ0n) is 47.1. The van der Waals surface area contributed by atoms with Crippen LogP contribution in [0.5, 0.6) is 0 Å². The van der Waals surface area contributed by atoms with Crippen molar-refractivity contribution in [3.8, 4) is 0 Å². The van der Waals surface area contributed by atoms with Gasteiger partial charge in [0.05, 0.1) is 0 Å². The zero-order valence-corrected chi connectivity index (χ0v) is 47.1. The first-order valence-electron chi connectivity index (χ1n) is 30.0. The van der Waals surface area contributed by atoms with Crippen molar-refractivity contribution in [2.45, 2.75) is 370 Å². The van der Waals surface area contributed by atoms with E-state index >= 15 is 0 Å². The smallest absolute Gasteiger partial charge is 0.0414 e. The van der Waals surface area contributed by atoms with Gasteiger partial charge in [-0.15, -0.1) is 0 Å². The highest BCUT2D eigenvalue weighted by molar-refractivity contribution is 4.69. The van der Waals surface area contributed by atoms with E-state index in [1.165, 1.54) is 244 Å². The molecule has 0 radical (unpaired) electrons. The molecular weight excluding hydrogens is 781 g/mol. The second-order valence-corrected chi connectivity index (χ2v) is 22.1. The Morgan fingerprint density at radius 3 is 0.492 bits per heavy atom. The van der Waals surface area contributed by atoms with Crippen LogP contribution in [0.4, 0.5) is 0 Å². The van der Waals surface area contributed by atoms with Crippen molar-refractivity contribution < 1.29 is 0 Å². The van der Waals surface area contributed by atoms with Gasteiger partial charge in [0.1, 0.15) is 0 Å².